The van der Waals surface area contributed by atoms with Gasteiger partial charge in [0.1, 0.15) is 0 Å². The fourth-order valence-electron chi connectivity index (χ4n) is 3.96. The topological polar surface area (TPSA) is 52.6 Å². The zero-order valence-electron chi connectivity index (χ0n) is 13.8. The van der Waals surface area contributed by atoms with Gasteiger partial charge in [-0.2, -0.15) is 0 Å². The third-order valence-corrected chi connectivity index (χ3v) is 5.32. The van der Waals surface area contributed by atoms with Crippen molar-refractivity contribution in [1.82, 2.24) is 10.2 Å². The Kier molecular flexibility index (Phi) is 5.68. The van der Waals surface area contributed by atoms with E-state index in [0.29, 0.717) is 12.5 Å². The second kappa shape index (κ2) is 7.93. The zero-order chi connectivity index (χ0) is 16.1. The van der Waals surface area contributed by atoms with Gasteiger partial charge in [0.2, 0.25) is 5.91 Å². The van der Waals surface area contributed by atoms with Gasteiger partial charge in [-0.15, -0.1) is 0 Å². The van der Waals surface area contributed by atoms with Crippen molar-refractivity contribution in [3.63, 3.8) is 0 Å². The first kappa shape index (κ1) is 16.5. The van der Waals surface area contributed by atoms with Gasteiger partial charge in [-0.3, -0.25) is 9.69 Å². The van der Waals surface area contributed by atoms with Crippen LogP contribution in [0.1, 0.15) is 44.1 Å². The van der Waals surface area contributed by atoms with E-state index in [-0.39, 0.29) is 18.1 Å². The quantitative estimate of drug-likeness (QED) is 0.847. The summed E-state index contributed by atoms with van der Waals surface area (Å²) in [7, 11) is 0. The first-order valence-electron chi connectivity index (χ1n) is 8.98. The molecule has 1 saturated carbocycles. The lowest BCUT2D eigenvalue weighted by atomic mass is 10.0. The van der Waals surface area contributed by atoms with Crippen LogP contribution in [0, 0.1) is 5.92 Å². The fraction of sp³-hybridized carbons (Fsp3) is 0.632. The molecule has 1 aliphatic carbocycles. The number of nitrogens with one attached hydrogen (secondary N) is 1. The Morgan fingerprint density at radius 3 is 2.65 bits per heavy atom. The molecule has 1 aromatic carbocycles. The van der Waals surface area contributed by atoms with Crippen molar-refractivity contribution in [2.75, 3.05) is 13.1 Å². The molecule has 2 fully saturated rings. The summed E-state index contributed by atoms with van der Waals surface area (Å²) in [6.45, 7) is 2.20. The van der Waals surface area contributed by atoms with E-state index >= 15 is 0 Å². The number of hydrogen-bond acceptors (Lipinski definition) is 3. The predicted octanol–water partition coefficient (Wildman–Crippen LogP) is 2.32. The van der Waals surface area contributed by atoms with Gasteiger partial charge < -0.3 is 10.4 Å². The van der Waals surface area contributed by atoms with Crippen LogP contribution in [0.3, 0.4) is 0 Å². The highest BCUT2D eigenvalue weighted by Crippen LogP contribution is 2.27. The number of amides is 1. The van der Waals surface area contributed by atoms with E-state index in [2.05, 4.69) is 22.3 Å². The Hall–Kier alpha value is -1.39. The number of hydrogen-bond donors (Lipinski definition) is 2. The summed E-state index contributed by atoms with van der Waals surface area (Å²) in [5.74, 6) is 0.453. The van der Waals surface area contributed by atoms with Crippen molar-refractivity contribution in [1.29, 1.82) is 0 Å². The van der Waals surface area contributed by atoms with Crippen LogP contribution in [0.25, 0.3) is 0 Å². The van der Waals surface area contributed by atoms with Gasteiger partial charge >= 0.3 is 0 Å². The number of benzene rings is 1. The molecule has 23 heavy (non-hydrogen) atoms. The molecule has 0 bridgehead atoms. The molecule has 1 aliphatic heterocycles. The summed E-state index contributed by atoms with van der Waals surface area (Å²) >= 11 is 0. The molecular formula is C19H28N2O2. The molecule has 4 nitrogen and oxygen atoms in total. The molecule has 2 unspecified atom stereocenters. The van der Waals surface area contributed by atoms with Gasteiger partial charge in [-0.1, -0.05) is 43.2 Å². The minimum absolute atomic E-state index is 0.0500. The lowest BCUT2D eigenvalue weighted by Crippen LogP contribution is -2.46. The van der Waals surface area contributed by atoms with Crippen LogP contribution in [-0.4, -0.2) is 41.1 Å². The first-order valence-corrected chi connectivity index (χ1v) is 8.98. The first-order chi connectivity index (χ1) is 11.2. The van der Waals surface area contributed by atoms with E-state index in [0.717, 1.165) is 38.8 Å². The highest BCUT2D eigenvalue weighted by atomic mass is 16.3. The van der Waals surface area contributed by atoms with Crippen LogP contribution in [0.2, 0.25) is 0 Å². The van der Waals surface area contributed by atoms with Crippen molar-refractivity contribution in [2.24, 2.45) is 5.92 Å². The monoisotopic (exact) mass is 316 g/mol. The summed E-state index contributed by atoms with van der Waals surface area (Å²) in [6, 6.07) is 10.3. The maximum absolute atomic E-state index is 12.5. The van der Waals surface area contributed by atoms with E-state index in [4.69, 9.17) is 0 Å². The van der Waals surface area contributed by atoms with E-state index in [1.54, 1.807) is 0 Å². The standard InChI is InChI=1S/C19H28N2O2/c22-18(16-9-4-5-10-16)13-20-19(23)17-11-6-12-21(17)14-15-7-2-1-3-8-15/h1-3,7-8,16-18,22H,4-6,9-14H2,(H,20,23). The summed E-state index contributed by atoms with van der Waals surface area (Å²) < 4.78 is 0. The number of likely N-dealkylation sites (tertiary alicyclic amines) is 1. The minimum atomic E-state index is -0.384. The maximum atomic E-state index is 12.5. The van der Waals surface area contributed by atoms with Crippen molar-refractivity contribution in [3.05, 3.63) is 35.9 Å². The lowest BCUT2D eigenvalue weighted by molar-refractivity contribution is -0.126. The fourth-order valence-corrected chi connectivity index (χ4v) is 3.96. The van der Waals surface area contributed by atoms with Gasteiger partial charge in [-0.25, -0.2) is 0 Å². The zero-order valence-corrected chi connectivity index (χ0v) is 13.8. The number of aliphatic hydroxyl groups excluding tert-OH is 1. The van der Waals surface area contributed by atoms with Gasteiger partial charge in [0.05, 0.1) is 12.1 Å². The highest BCUT2D eigenvalue weighted by molar-refractivity contribution is 5.82. The second-order valence-electron chi connectivity index (χ2n) is 6.97. The molecule has 1 saturated heterocycles. The van der Waals surface area contributed by atoms with E-state index < -0.39 is 0 Å². The molecule has 2 N–H and O–H groups in total. The molecule has 0 aromatic heterocycles. The van der Waals surface area contributed by atoms with Crippen LogP contribution in [0.15, 0.2) is 30.3 Å². The maximum Gasteiger partial charge on any atom is 0.237 e. The van der Waals surface area contributed by atoms with Crippen LogP contribution in [0.4, 0.5) is 0 Å². The third-order valence-electron chi connectivity index (χ3n) is 5.32. The average molecular weight is 316 g/mol. The largest absolute Gasteiger partial charge is 0.391 e. The SMILES string of the molecule is O=C(NCC(O)C1CCCC1)C1CCCN1Cc1ccccc1. The summed E-state index contributed by atoms with van der Waals surface area (Å²) in [5.41, 5.74) is 1.25. The van der Waals surface area contributed by atoms with Gasteiger partial charge in [0.15, 0.2) is 0 Å². The van der Waals surface area contributed by atoms with E-state index in [1.807, 2.05) is 18.2 Å². The average Bonchev–Trinajstić information content (AvgIpc) is 3.25. The van der Waals surface area contributed by atoms with E-state index in [1.165, 1.54) is 18.4 Å². The van der Waals surface area contributed by atoms with Crippen LogP contribution < -0.4 is 5.32 Å². The van der Waals surface area contributed by atoms with Crippen LogP contribution in [-0.2, 0) is 11.3 Å². The van der Waals surface area contributed by atoms with Crippen molar-refractivity contribution in [2.45, 2.75) is 57.2 Å². The normalized spacial score (nSPS) is 24.0. The molecule has 1 amide bonds. The number of nitrogens with zero attached hydrogens (tertiary/aromatic N) is 1. The Morgan fingerprint density at radius 2 is 1.91 bits per heavy atom. The highest BCUT2D eigenvalue weighted by Gasteiger charge is 2.31. The number of aliphatic hydroxyl groups is 1. The molecule has 1 heterocycles. The Bertz CT molecular complexity index is 499. The van der Waals surface area contributed by atoms with Crippen molar-refractivity contribution < 1.29 is 9.90 Å². The predicted molar refractivity (Wildman–Crippen MR) is 90.8 cm³/mol. The van der Waals surface area contributed by atoms with Gasteiger partial charge in [0.25, 0.3) is 0 Å². The van der Waals surface area contributed by atoms with Crippen LogP contribution in [0.5, 0.6) is 0 Å². The molecule has 0 radical (unpaired) electrons. The van der Waals surface area contributed by atoms with Crippen LogP contribution >= 0.6 is 0 Å². The van der Waals surface area contributed by atoms with Gasteiger partial charge in [0, 0.05) is 13.1 Å². The summed E-state index contributed by atoms with van der Waals surface area (Å²) in [6.07, 6.45) is 6.22. The molecule has 2 aliphatic rings. The number of rotatable bonds is 6. The molecule has 126 valence electrons. The summed E-state index contributed by atoms with van der Waals surface area (Å²) in [4.78, 5) is 14.8. The molecule has 1 aromatic rings. The number of carbonyl (C=O) groups is 1. The van der Waals surface area contributed by atoms with Crippen molar-refractivity contribution in [3.8, 4) is 0 Å². The van der Waals surface area contributed by atoms with Crippen molar-refractivity contribution >= 4 is 5.91 Å². The molecule has 4 heteroatoms. The Labute approximate surface area is 138 Å². The Morgan fingerprint density at radius 1 is 1.17 bits per heavy atom. The van der Waals surface area contributed by atoms with Gasteiger partial charge in [-0.05, 0) is 43.7 Å². The Balaban J connectivity index is 1.49. The molecule has 2 atom stereocenters. The molecular weight excluding hydrogens is 288 g/mol. The molecule has 3 rings (SSSR count). The smallest absolute Gasteiger partial charge is 0.237 e. The van der Waals surface area contributed by atoms with E-state index in [9.17, 15) is 9.90 Å². The molecule has 0 spiro atoms. The third kappa shape index (κ3) is 4.33. The number of carbonyl (C=O) groups excluding carboxylic acids is 1. The lowest BCUT2D eigenvalue weighted by Gasteiger charge is -2.25. The second-order valence-corrected chi connectivity index (χ2v) is 6.97. The minimum Gasteiger partial charge on any atom is -0.391 e. The summed E-state index contributed by atoms with van der Waals surface area (Å²) in [5, 5.41) is 13.2.